The number of hydrogen-bond donors (Lipinski definition) is 0. The zero-order chi connectivity index (χ0) is 13.9. The van der Waals surface area contributed by atoms with Crippen LogP contribution in [0.4, 0.5) is 5.95 Å². The number of thiophene rings is 1. The van der Waals surface area contributed by atoms with Gasteiger partial charge < -0.3 is 9.80 Å². The van der Waals surface area contributed by atoms with Crippen molar-refractivity contribution in [2.24, 2.45) is 0 Å². The third kappa shape index (κ3) is 2.76. The van der Waals surface area contributed by atoms with Gasteiger partial charge in [-0.15, -0.1) is 11.3 Å². The Morgan fingerprint density at radius 2 is 1.85 bits per heavy atom. The standard InChI is InChI=1S/C13H13ClN4OS/c14-11-3-2-10(20-11)12(19)17-6-8-18(9-7-17)13-15-4-1-5-16-13/h1-5H,6-9H2. The number of anilines is 1. The van der Waals surface area contributed by atoms with Crippen molar-refractivity contribution in [3.05, 3.63) is 39.8 Å². The lowest BCUT2D eigenvalue weighted by Crippen LogP contribution is -2.49. The number of halogens is 1. The van der Waals surface area contributed by atoms with E-state index in [1.54, 1.807) is 30.6 Å². The third-order valence-corrected chi connectivity index (χ3v) is 4.41. The highest BCUT2D eigenvalue weighted by molar-refractivity contribution is 7.17. The Labute approximate surface area is 125 Å². The molecule has 1 aliphatic rings. The van der Waals surface area contributed by atoms with Crippen molar-refractivity contribution >= 4 is 34.8 Å². The van der Waals surface area contributed by atoms with Gasteiger partial charge in [-0.3, -0.25) is 4.79 Å². The van der Waals surface area contributed by atoms with Crippen LogP contribution in [0, 0.1) is 0 Å². The van der Waals surface area contributed by atoms with Gasteiger partial charge in [0, 0.05) is 38.6 Å². The second-order valence-corrected chi connectivity index (χ2v) is 6.15. The van der Waals surface area contributed by atoms with Gasteiger partial charge in [0.05, 0.1) is 9.21 Å². The molecule has 1 aliphatic heterocycles. The molecule has 2 aromatic heterocycles. The van der Waals surface area contributed by atoms with Crippen LogP contribution >= 0.6 is 22.9 Å². The number of carbonyl (C=O) groups is 1. The summed E-state index contributed by atoms with van der Waals surface area (Å²) in [6.45, 7) is 2.84. The summed E-state index contributed by atoms with van der Waals surface area (Å²) in [5, 5.41) is 0. The minimum atomic E-state index is 0.0514. The summed E-state index contributed by atoms with van der Waals surface area (Å²) < 4.78 is 0.643. The first-order valence-corrected chi connectivity index (χ1v) is 7.50. The maximum Gasteiger partial charge on any atom is 0.264 e. The lowest BCUT2D eigenvalue weighted by molar-refractivity contribution is 0.0751. The van der Waals surface area contributed by atoms with Crippen LogP contribution in [0.15, 0.2) is 30.6 Å². The summed E-state index contributed by atoms with van der Waals surface area (Å²) in [5.41, 5.74) is 0. The van der Waals surface area contributed by atoms with Gasteiger partial charge in [0.25, 0.3) is 5.91 Å². The van der Waals surface area contributed by atoms with E-state index < -0.39 is 0 Å². The van der Waals surface area contributed by atoms with Crippen molar-refractivity contribution < 1.29 is 4.79 Å². The zero-order valence-corrected chi connectivity index (χ0v) is 12.3. The first kappa shape index (κ1) is 13.3. The molecule has 0 aliphatic carbocycles. The molecule has 0 atom stereocenters. The fourth-order valence-electron chi connectivity index (χ4n) is 2.15. The molecule has 7 heteroatoms. The summed E-state index contributed by atoms with van der Waals surface area (Å²) in [6, 6.07) is 5.33. The maximum absolute atomic E-state index is 12.3. The van der Waals surface area contributed by atoms with E-state index >= 15 is 0 Å². The molecular formula is C13H13ClN4OS. The SMILES string of the molecule is O=C(c1ccc(Cl)s1)N1CCN(c2ncccn2)CC1. The Balaban J connectivity index is 1.63. The Morgan fingerprint density at radius 1 is 1.15 bits per heavy atom. The largest absolute Gasteiger partial charge is 0.337 e. The quantitative estimate of drug-likeness (QED) is 0.853. The Hall–Kier alpha value is -1.66. The molecule has 0 N–H and O–H groups in total. The molecule has 5 nitrogen and oxygen atoms in total. The summed E-state index contributed by atoms with van der Waals surface area (Å²) in [7, 11) is 0. The van der Waals surface area contributed by atoms with Crippen molar-refractivity contribution in [3.8, 4) is 0 Å². The first-order valence-electron chi connectivity index (χ1n) is 6.30. The normalized spacial score (nSPS) is 15.4. The molecule has 0 aromatic carbocycles. The van der Waals surface area contributed by atoms with Crippen molar-refractivity contribution in [2.75, 3.05) is 31.1 Å². The molecule has 104 valence electrons. The van der Waals surface area contributed by atoms with Crippen molar-refractivity contribution in [2.45, 2.75) is 0 Å². The smallest absolute Gasteiger partial charge is 0.264 e. The highest BCUT2D eigenvalue weighted by Gasteiger charge is 2.24. The van der Waals surface area contributed by atoms with Crippen molar-refractivity contribution in [3.63, 3.8) is 0 Å². The maximum atomic E-state index is 12.3. The van der Waals surface area contributed by atoms with Crippen LogP contribution in [0.2, 0.25) is 4.34 Å². The average molecular weight is 309 g/mol. The predicted octanol–water partition coefficient (Wildman–Crippen LogP) is 2.15. The van der Waals surface area contributed by atoms with E-state index in [0.717, 1.165) is 19.0 Å². The van der Waals surface area contributed by atoms with E-state index in [1.165, 1.54) is 11.3 Å². The first-order chi connectivity index (χ1) is 9.74. The lowest BCUT2D eigenvalue weighted by atomic mass is 10.3. The predicted molar refractivity (Wildman–Crippen MR) is 79.5 cm³/mol. The second-order valence-electron chi connectivity index (χ2n) is 4.43. The van der Waals surface area contributed by atoms with Crippen LogP contribution in [0.25, 0.3) is 0 Å². The molecule has 3 heterocycles. The van der Waals surface area contributed by atoms with Crippen molar-refractivity contribution in [1.29, 1.82) is 0 Å². The Morgan fingerprint density at radius 3 is 2.45 bits per heavy atom. The number of amides is 1. The highest BCUT2D eigenvalue weighted by atomic mass is 35.5. The van der Waals surface area contributed by atoms with Gasteiger partial charge in [-0.2, -0.15) is 0 Å². The molecule has 0 bridgehead atoms. The van der Waals surface area contributed by atoms with E-state index in [9.17, 15) is 4.79 Å². The molecule has 3 rings (SSSR count). The molecule has 1 fully saturated rings. The molecule has 20 heavy (non-hydrogen) atoms. The van der Waals surface area contributed by atoms with Crippen LogP contribution < -0.4 is 4.90 Å². The zero-order valence-electron chi connectivity index (χ0n) is 10.7. The van der Waals surface area contributed by atoms with Gasteiger partial charge in [0.15, 0.2) is 0 Å². The summed E-state index contributed by atoms with van der Waals surface area (Å²) in [6.07, 6.45) is 3.46. The molecule has 0 unspecified atom stereocenters. The number of rotatable bonds is 2. The molecular weight excluding hydrogens is 296 g/mol. The van der Waals surface area contributed by atoms with Crippen LogP contribution in [-0.4, -0.2) is 47.0 Å². The number of carbonyl (C=O) groups excluding carboxylic acids is 1. The van der Waals surface area contributed by atoms with Crippen molar-refractivity contribution in [1.82, 2.24) is 14.9 Å². The van der Waals surface area contributed by atoms with E-state index in [-0.39, 0.29) is 5.91 Å². The Bertz CT molecular complexity index is 595. The minimum absolute atomic E-state index is 0.0514. The number of hydrogen-bond acceptors (Lipinski definition) is 5. The highest BCUT2D eigenvalue weighted by Crippen LogP contribution is 2.23. The number of aromatic nitrogens is 2. The Kier molecular flexibility index (Phi) is 3.84. The fraction of sp³-hybridized carbons (Fsp3) is 0.308. The van der Waals surface area contributed by atoms with E-state index in [1.807, 2.05) is 4.90 Å². The van der Waals surface area contributed by atoms with E-state index in [0.29, 0.717) is 22.3 Å². The lowest BCUT2D eigenvalue weighted by Gasteiger charge is -2.34. The summed E-state index contributed by atoms with van der Waals surface area (Å²) >= 11 is 7.19. The molecule has 2 aromatic rings. The van der Waals surface area contributed by atoms with E-state index in [2.05, 4.69) is 14.9 Å². The topological polar surface area (TPSA) is 49.3 Å². The molecule has 1 amide bonds. The second kappa shape index (κ2) is 5.76. The summed E-state index contributed by atoms with van der Waals surface area (Å²) in [5.74, 6) is 0.772. The van der Waals surface area contributed by atoms with Gasteiger partial charge in [-0.05, 0) is 18.2 Å². The van der Waals surface area contributed by atoms with Crippen LogP contribution in [0.5, 0.6) is 0 Å². The number of piperazine rings is 1. The molecule has 0 spiro atoms. The van der Waals surface area contributed by atoms with Crippen LogP contribution in [-0.2, 0) is 0 Å². The summed E-state index contributed by atoms with van der Waals surface area (Å²) in [4.78, 5) is 25.4. The fourth-order valence-corrected chi connectivity index (χ4v) is 3.16. The van der Waals surface area contributed by atoms with Gasteiger partial charge in [-0.25, -0.2) is 9.97 Å². The monoisotopic (exact) mass is 308 g/mol. The molecule has 1 saturated heterocycles. The van der Waals surface area contributed by atoms with Gasteiger partial charge >= 0.3 is 0 Å². The van der Waals surface area contributed by atoms with Crippen LogP contribution in [0.1, 0.15) is 9.67 Å². The van der Waals surface area contributed by atoms with Gasteiger partial charge in [-0.1, -0.05) is 11.6 Å². The van der Waals surface area contributed by atoms with Crippen LogP contribution in [0.3, 0.4) is 0 Å². The van der Waals surface area contributed by atoms with E-state index in [4.69, 9.17) is 11.6 Å². The number of nitrogens with zero attached hydrogens (tertiary/aromatic N) is 4. The molecule has 0 radical (unpaired) electrons. The minimum Gasteiger partial charge on any atom is -0.337 e. The van der Waals surface area contributed by atoms with Gasteiger partial charge in [0.2, 0.25) is 5.95 Å². The molecule has 0 saturated carbocycles. The third-order valence-electron chi connectivity index (χ3n) is 3.19. The van der Waals surface area contributed by atoms with Gasteiger partial charge in [0.1, 0.15) is 0 Å². The average Bonchev–Trinajstić information content (AvgIpc) is 2.94.